The monoisotopic (exact) mass is 308 g/mol. The summed E-state index contributed by atoms with van der Waals surface area (Å²) in [6.45, 7) is -2.64. The Hall–Kier alpha value is -2.70. The highest BCUT2D eigenvalue weighted by Gasteiger charge is 2.15. The Bertz CT molecular complexity index is 698. The predicted octanol–water partition coefficient (Wildman–Crippen LogP) is 2.25. The van der Waals surface area contributed by atoms with Crippen LogP contribution in [0.5, 0.6) is 5.75 Å². The minimum Gasteiger partial charge on any atom is -0.435 e. The number of amides is 1. The number of rotatable bonds is 5. The third-order valence-electron chi connectivity index (χ3n) is 2.96. The van der Waals surface area contributed by atoms with E-state index in [0.717, 1.165) is 5.56 Å². The molecule has 1 N–H and O–H groups in total. The second-order valence-corrected chi connectivity index (χ2v) is 4.60. The number of aromatic amines is 1. The molecule has 2 rings (SSSR count). The van der Waals surface area contributed by atoms with E-state index < -0.39 is 18.1 Å². The quantitative estimate of drug-likeness (QED) is 0.921. The number of aromatic nitrogens is 1. The molecule has 0 unspecified atom stereocenters. The molecule has 0 aliphatic rings. The molecule has 116 valence electrons. The van der Waals surface area contributed by atoms with Crippen molar-refractivity contribution in [2.45, 2.75) is 13.2 Å². The molecule has 0 spiro atoms. The van der Waals surface area contributed by atoms with Gasteiger partial charge in [0.15, 0.2) is 0 Å². The number of halogens is 2. The molecule has 7 heteroatoms. The van der Waals surface area contributed by atoms with Gasteiger partial charge in [-0.25, -0.2) is 0 Å². The zero-order chi connectivity index (χ0) is 16.1. The molecule has 5 nitrogen and oxygen atoms in total. The number of hydrogen-bond donors (Lipinski definition) is 1. The molecular weight excluding hydrogens is 294 g/mol. The summed E-state index contributed by atoms with van der Waals surface area (Å²) in [7, 11) is 1.55. The zero-order valence-corrected chi connectivity index (χ0v) is 11.8. The van der Waals surface area contributed by atoms with Crippen LogP contribution in [-0.2, 0) is 6.54 Å². The van der Waals surface area contributed by atoms with Gasteiger partial charge in [-0.2, -0.15) is 8.78 Å². The van der Waals surface area contributed by atoms with E-state index in [9.17, 15) is 18.4 Å². The molecule has 1 aromatic heterocycles. The van der Waals surface area contributed by atoms with E-state index in [1.165, 1.54) is 29.3 Å². The van der Waals surface area contributed by atoms with Gasteiger partial charge >= 0.3 is 6.61 Å². The second-order valence-electron chi connectivity index (χ2n) is 4.60. The Morgan fingerprint density at radius 2 is 1.95 bits per heavy atom. The van der Waals surface area contributed by atoms with E-state index >= 15 is 0 Å². The van der Waals surface area contributed by atoms with E-state index in [0.29, 0.717) is 0 Å². The lowest BCUT2D eigenvalue weighted by atomic mass is 10.2. The average Bonchev–Trinajstić information content (AvgIpc) is 2.48. The van der Waals surface area contributed by atoms with Crippen molar-refractivity contribution < 1.29 is 18.3 Å². The summed E-state index contributed by atoms with van der Waals surface area (Å²) >= 11 is 0. The van der Waals surface area contributed by atoms with Crippen molar-refractivity contribution in [3.63, 3.8) is 0 Å². The van der Waals surface area contributed by atoms with E-state index in [1.807, 2.05) is 0 Å². The van der Waals surface area contributed by atoms with Crippen LogP contribution >= 0.6 is 0 Å². The summed E-state index contributed by atoms with van der Waals surface area (Å²) < 4.78 is 28.4. The molecule has 0 radical (unpaired) electrons. The number of benzene rings is 1. The summed E-state index contributed by atoms with van der Waals surface area (Å²) in [5, 5.41) is 0. The maximum atomic E-state index is 12.2. The molecule has 0 saturated carbocycles. The summed E-state index contributed by atoms with van der Waals surface area (Å²) in [5.41, 5.74) is 0.313. The first-order valence-electron chi connectivity index (χ1n) is 6.44. The fourth-order valence-electron chi connectivity index (χ4n) is 1.92. The van der Waals surface area contributed by atoms with Gasteiger partial charge in [-0.1, -0.05) is 12.1 Å². The number of nitrogens with zero attached hydrogens (tertiary/aromatic N) is 1. The van der Waals surface area contributed by atoms with Gasteiger partial charge in [0.1, 0.15) is 11.3 Å². The van der Waals surface area contributed by atoms with Crippen molar-refractivity contribution >= 4 is 5.91 Å². The van der Waals surface area contributed by atoms with Crippen molar-refractivity contribution in [3.8, 4) is 5.75 Å². The normalized spacial score (nSPS) is 10.5. The van der Waals surface area contributed by atoms with Crippen LogP contribution in [0.15, 0.2) is 47.4 Å². The molecule has 0 bridgehead atoms. The van der Waals surface area contributed by atoms with Gasteiger partial charge in [0.25, 0.3) is 11.5 Å². The maximum absolute atomic E-state index is 12.2. The molecule has 0 aliphatic heterocycles. The molecule has 0 aliphatic carbocycles. The Kier molecular flexibility index (Phi) is 4.88. The second kappa shape index (κ2) is 6.84. The Morgan fingerprint density at radius 1 is 1.27 bits per heavy atom. The van der Waals surface area contributed by atoms with Crippen molar-refractivity contribution in [1.29, 1.82) is 0 Å². The highest BCUT2D eigenvalue weighted by Crippen LogP contribution is 2.16. The van der Waals surface area contributed by atoms with Crippen molar-refractivity contribution in [1.82, 2.24) is 9.88 Å². The van der Waals surface area contributed by atoms with Crippen LogP contribution in [0.4, 0.5) is 8.78 Å². The van der Waals surface area contributed by atoms with Crippen LogP contribution in [0.3, 0.4) is 0 Å². The van der Waals surface area contributed by atoms with Gasteiger partial charge in [-0.05, 0) is 29.8 Å². The summed E-state index contributed by atoms with van der Waals surface area (Å²) in [6.07, 6.45) is 1.45. The van der Waals surface area contributed by atoms with Crippen LogP contribution in [0.25, 0.3) is 0 Å². The fourth-order valence-corrected chi connectivity index (χ4v) is 1.92. The fraction of sp³-hybridized carbons (Fsp3) is 0.200. The lowest BCUT2D eigenvalue weighted by molar-refractivity contribution is -0.0498. The zero-order valence-electron chi connectivity index (χ0n) is 11.8. The predicted molar refractivity (Wildman–Crippen MR) is 75.9 cm³/mol. The number of carbonyl (C=O) groups is 1. The smallest absolute Gasteiger partial charge is 0.387 e. The van der Waals surface area contributed by atoms with Crippen molar-refractivity contribution in [2.24, 2.45) is 0 Å². The van der Waals surface area contributed by atoms with Gasteiger partial charge < -0.3 is 14.6 Å². The van der Waals surface area contributed by atoms with E-state index in [4.69, 9.17) is 0 Å². The van der Waals surface area contributed by atoms with Gasteiger partial charge in [-0.15, -0.1) is 0 Å². The van der Waals surface area contributed by atoms with E-state index in [2.05, 4.69) is 9.72 Å². The van der Waals surface area contributed by atoms with Gasteiger partial charge in [0.2, 0.25) is 0 Å². The molecule has 0 atom stereocenters. The number of H-pyrrole nitrogens is 1. The van der Waals surface area contributed by atoms with Crippen molar-refractivity contribution in [2.75, 3.05) is 7.05 Å². The highest BCUT2D eigenvalue weighted by atomic mass is 19.3. The van der Waals surface area contributed by atoms with E-state index in [1.54, 1.807) is 25.2 Å². The molecule has 0 saturated heterocycles. The van der Waals surface area contributed by atoms with Crippen molar-refractivity contribution in [3.05, 3.63) is 64.1 Å². The summed E-state index contributed by atoms with van der Waals surface area (Å²) in [5.74, 6) is -0.373. The summed E-state index contributed by atoms with van der Waals surface area (Å²) in [4.78, 5) is 27.5. The van der Waals surface area contributed by atoms with Crippen LogP contribution < -0.4 is 10.3 Å². The molecule has 1 amide bonds. The SMILES string of the molecule is CN(Cc1ccc(OC(F)F)cc1)C(=O)c1ccc[nH]c1=O. The Balaban J connectivity index is 2.05. The van der Waals surface area contributed by atoms with Crippen LogP contribution in [0.1, 0.15) is 15.9 Å². The first kappa shape index (κ1) is 15.7. The summed E-state index contributed by atoms with van der Waals surface area (Å²) in [6, 6.07) is 8.97. The lowest BCUT2D eigenvalue weighted by Crippen LogP contribution is -2.31. The molecule has 1 aromatic carbocycles. The standard InChI is InChI=1S/C15H14F2N2O3/c1-19(14(21)12-3-2-8-18-13(12)20)9-10-4-6-11(7-5-10)22-15(16)17/h2-8,15H,9H2,1H3,(H,18,20). The topological polar surface area (TPSA) is 62.4 Å². The maximum Gasteiger partial charge on any atom is 0.387 e. The minimum absolute atomic E-state index is 0.0441. The first-order chi connectivity index (χ1) is 10.5. The molecule has 0 fully saturated rings. The number of nitrogens with one attached hydrogen (secondary N) is 1. The molecule has 1 heterocycles. The Morgan fingerprint density at radius 3 is 2.55 bits per heavy atom. The van der Waals surface area contributed by atoms with Gasteiger partial charge in [0.05, 0.1) is 0 Å². The molecule has 22 heavy (non-hydrogen) atoms. The first-order valence-corrected chi connectivity index (χ1v) is 6.44. The van der Waals surface area contributed by atoms with Gasteiger partial charge in [-0.3, -0.25) is 9.59 Å². The van der Waals surface area contributed by atoms with Crippen LogP contribution in [0.2, 0.25) is 0 Å². The largest absolute Gasteiger partial charge is 0.435 e. The number of pyridine rings is 1. The number of hydrogen-bond acceptors (Lipinski definition) is 3. The lowest BCUT2D eigenvalue weighted by Gasteiger charge is -2.17. The third-order valence-corrected chi connectivity index (χ3v) is 2.96. The van der Waals surface area contributed by atoms with Crippen LogP contribution in [0, 0.1) is 0 Å². The average molecular weight is 308 g/mol. The van der Waals surface area contributed by atoms with Crippen LogP contribution in [-0.4, -0.2) is 29.5 Å². The Labute approximate surface area is 125 Å². The molecular formula is C15H14F2N2O3. The third kappa shape index (κ3) is 3.91. The number of carbonyl (C=O) groups excluding carboxylic acids is 1. The van der Waals surface area contributed by atoms with Gasteiger partial charge in [0, 0.05) is 19.8 Å². The highest BCUT2D eigenvalue weighted by molar-refractivity contribution is 5.93. The number of alkyl halides is 2. The molecule has 2 aromatic rings. The van der Waals surface area contributed by atoms with E-state index in [-0.39, 0.29) is 17.9 Å². The minimum atomic E-state index is -2.88. The number of ether oxygens (including phenoxy) is 1.